The highest BCUT2D eigenvalue weighted by molar-refractivity contribution is 6.02. The number of Topliss-reactive ketones (excluding diaryl/α,β-unsaturated/α-hetero) is 1. The summed E-state index contributed by atoms with van der Waals surface area (Å²) >= 11 is 0. The summed E-state index contributed by atoms with van der Waals surface area (Å²) in [5.41, 5.74) is -2.21. The Morgan fingerprint density at radius 1 is 1.15 bits per heavy atom. The highest BCUT2D eigenvalue weighted by atomic mass is 19.3. The van der Waals surface area contributed by atoms with Gasteiger partial charge in [0.1, 0.15) is 28.6 Å². The summed E-state index contributed by atoms with van der Waals surface area (Å²) in [6.45, 7) is 0. The molecule has 140 valence electrons. The molecule has 2 bridgehead atoms. The zero-order valence-electron chi connectivity index (χ0n) is 13.4. The summed E-state index contributed by atoms with van der Waals surface area (Å²) in [5.74, 6) is -13.1. The van der Waals surface area contributed by atoms with Crippen molar-refractivity contribution in [2.24, 2.45) is 0 Å². The van der Waals surface area contributed by atoms with E-state index in [0.717, 1.165) is 24.3 Å². The van der Waals surface area contributed by atoms with Gasteiger partial charge in [-0.15, -0.1) is 0 Å². The van der Waals surface area contributed by atoms with Gasteiger partial charge in [0.15, 0.2) is 5.78 Å². The maximum atomic E-state index is 14.1. The number of fused-ring (bicyclic) bond motifs is 2. The van der Waals surface area contributed by atoms with Gasteiger partial charge in [-0.2, -0.15) is 22.8 Å². The Balaban J connectivity index is 2.14. The number of alkyl halides is 4. The van der Waals surface area contributed by atoms with E-state index in [0.29, 0.717) is 6.07 Å². The summed E-state index contributed by atoms with van der Waals surface area (Å²) in [4.78, 5) is 12.2. The Hall–Kier alpha value is -3.15. The Morgan fingerprint density at radius 3 is 2.52 bits per heavy atom. The lowest BCUT2D eigenvalue weighted by atomic mass is 9.89. The first-order chi connectivity index (χ1) is 12.6. The van der Waals surface area contributed by atoms with Crippen LogP contribution in [0.1, 0.15) is 34.3 Å². The number of halogens is 5. The summed E-state index contributed by atoms with van der Waals surface area (Å²) in [5, 5.41) is 18.9. The topological polar surface area (TPSA) is 70.3 Å². The molecule has 1 aliphatic carbocycles. The largest absolute Gasteiger partial charge is 0.507 e. The van der Waals surface area contributed by atoms with Crippen molar-refractivity contribution < 1.29 is 36.6 Å². The summed E-state index contributed by atoms with van der Waals surface area (Å²) < 4.78 is 74.4. The lowest BCUT2D eigenvalue weighted by Crippen LogP contribution is -2.39. The van der Waals surface area contributed by atoms with Crippen molar-refractivity contribution in [2.75, 3.05) is 0 Å². The van der Waals surface area contributed by atoms with Gasteiger partial charge in [0.05, 0.1) is 17.2 Å². The zero-order valence-corrected chi connectivity index (χ0v) is 13.4. The summed E-state index contributed by atoms with van der Waals surface area (Å²) in [6.07, 6.45) is -2.37. The lowest BCUT2D eigenvalue weighted by Gasteiger charge is -2.30. The SMILES string of the molecule is N#Cc1cc(F)cc(Oc2ccc3c(O)c2C(=O)CCC(F)(F)C3(F)F)c1. The Kier molecular flexibility index (Phi) is 4.30. The van der Waals surface area contributed by atoms with E-state index in [1.165, 1.54) is 0 Å². The van der Waals surface area contributed by atoms with Crippen LogP contribution in [0.5, 0.6) is 17.2 Å². The second-order valence-corrected chi connectivity index (χ2v) is 5.93. The average Bonchev–Trinajstić information content (AvgIpc) is 2.58. The van der Waals surface area contributed by atoms with Gasteiger partial charge in [-0.25, -0.2) is 4.39 Å². The van der Waals surface area contributed by atoms with Crippen molar-refractivity contribution in [1.29, 1.82) is 5.26 Å². The van der Waals surface area contributed by atoms with E-state index in [2.05, 4.69) is 0 Å². The normalized spacial score (nSPS) is 17.6. The molecule has 3 rings (SSSR count). The third kappa shape index (κ3) is 3.07. The molecule has 1 N–H and O–H groups in total. The van der Waals surface area contributed by atoms with Crippen LogP contribution in [0.25, 0.3) is 0 Å². The van der Waals surface area contributed by atoms with Crippen LogP contribution in [-0.4, -0.2) is 16.8 Å². The highest BCUT2D eigenvalue weighted by Crippen LogP contribution is 2.52. The number of hydrogen-bond donors (Lipinski definition) is 1. The molecule has 0 fully saturated rings. The monoisotopic (exact) mass is 383 g/mol. The first-order valence-corrected chi connectivity index (χ1v) is 7.60. The number of nitriles is 1. The number of aromatic hydroxyl groups is 1. The van der Waals surface area contributed by atoms with E-state index in [9.17, 15) is 31.9 Å². The average molecular weight is 383 g/mol. The minimum atomic E-state index is -4.70. The first-order valence-electron chi connectivity index (χ1n) is 7.60. The lowest BCUT2D eigenvalue weighted by molar-refractivity contribution is -0.219. The molecular weight excluding hydrogens is 373 g/mol. The number of rotatable bonds is 2. The summed E-state index contributed by atoms with van der Waals surface area (Å²) in [6, 6.07) is 5.92. The first kappa shape index (κ1) is 18.6. The Labute approximate surface area is 149 Å². The fourth-order valence-corrected chi connectivity index (χ4v) is 2.74. The van der Waals surface area contributed by atoms with Crippen molar-refractivity contribution in [3.8, 4) is 23.3 Å². The minimum absolute atomic E-state index is 0.106. The van der Waals surface area contributed by atoms with Crippen molar-refractivity contribution in [3.05, 3.63) is 52.8 Å². The highest BCUT2D eigenvalue weighted by Gasteiger charge is 2.59. The molecule has 4 nitrogen and oxygen atoms in total. The van der Waals surface area contributed by atoms with Gasteiger partial charge in [-0.3, -0.25) is 4.79 Å². The molecular formula is C18H10F5NO3. The number of ketones is 1. The molecule has 0 aliphatic heterocycles. The number of ether oxygens (including phenoxy) is 1. The predicted octanol–water partition coefficient (Wildman–Crippen LogP) is 4.90. The molecule has 0 heterocycles. The maximum Gasteiger partial charge on any atom is 0.338 e. The smallest absolute Gasteiger partial charge is 0.338 e. The number of phenolic OH excluding ortho intramolecular Hbond substituents is 1. The van der Waals surface area contributed by atoms with Gasteiger partial charge in [0.25, 0.3) is 0 Å². The third-order valence-electron chi connectivity index (χ3n) is 4.11. The van der Waals surface area contributed by atoms with Crippen LogP contribution in [0.4, 0.5) is 22.0 Å². The van der Waals surface area contributed by atoms with E-state index in [1.807, 2.05) is 0 Å². The van der Waals surface area contributed by atoms with E-state index in [-0.39, 0.29) is 11.3 Å². The Bertz CT molecular complexity index is 982. The molecule has 2 aromatic rings. The fourth-order valence-electron chi connectivity index (χ4n) is 2.74. The number of carbonyl (C=O) groups excluding carboxylic acids is 1. The van der Waals surface area contributed by atoms with Crippen LogP contribution in [0.3, 0.4) is 0 Å². The van der Waals surface area contributed by atoms with Gasteiger partial charge < -0.3 is 9.84 Å². The number of nitrogens with zero attached hydrogens (tertiary/aromatic N) is 1. The van der Waals surface area contributed by atoms with Crippen molar-refractivity contribution in [3.63, 3.8) is 0 Å². The molecule has 0 amide bonds. The molecule has 0 spiro atoms. The molecule has 0 unspecified atom stereocenters. The van der Waals surface area contributed by atoms with Gasteiger partial charge in [-0.1, -0.05) is 0 Å². The maximum absolute atomic E-state index is 14.1. The van der Waals surface area contributed by atoms with Crippen LogP contribution in [0.15, 0.2) is 30.3 Å². The Morgan fingerprint density at radius 2 is 1.85 bits per heavy atom. The van der Waals surface area contributed by atoms with Gasteiger partial charge >= 0.3 is 11.8 Å². The fraction of sp³-hybridized carbons (Fsp3) is 0.222. The third-order valence-corrected chi connectivity index (χ3v) is 4.11. The van der Waals surface area contributed by atoms with E-state index in [4.69, 9.17) is 10.00 Å². The van der Waals surface area contributed by atoms with Crippen LogP contribution < -0.4 is 4.74 Å². The van der Waals surface area contributed by atoms with Gasteiger partial charge in [0, 0.05) is 18.9 Å². The molecule has 0 aromatic heterocycles. The van der Waals surface area contributed by atoms with Crippen molar-refractivity contribution in [2.45, 2.75) is 24.7 Å². The zero-order chi connectivity index (χ0) is 20.0. The van der Waals surface area contributed by atoms with E-state index in [1.54, 1.807) is 6.07 Å². The van der Waals surface area contributed by atoms with E-state index < -0.39 is 58.9 Å². The van der Waals surface area contributed by atoms with Crippen LogP contribution in [0.2, 0.25) is 0 Å². The summed E-state index contributed by atoms with van der Waals surface area (Å²) in [7, 11) is 0. The van der Waals surface area contributed by atoms with Crippen LogP contribution in [0, 0.1) is 17.1 Å². The van der Waals surface area contributed by atoms with Crippen molar-refractivity contribution >= 4 is 5.78 Å². The molecule has 0 saturated carbocycles. The second kappa shape index (κ2) is 6.23. The molecule has 2 aromatic carbocycles. The van der Waals surface area contributed by atoms with E-state index >= 15 is 0 Å². The molecule has 1 aliphatic rings. The number of hydrogen-bond acceptors (Lipinski definition) is 4. The quantitative estimate of drug-likeness (QED) is 0.749. The number of carbonyl (C=O) groups is 1. The number of benzene rings is 2. The van der Waals surface area contributed by atoms with Crippen LogP contribution >= 0.6 is 0 Å². The number of phenols is 1. The predicted molar refractivity (Wildman–Crippen MR) is 81.7 cm³/mol. The second-order valence-electron chi connectivity index (χ2n) is 5.93. The molecule has 9 heteroatoms. The van der Waals surface area contributed by atoms with Gasteiger partial charge in [-0.05, 0) is 24.3 Å². The van der Waals surface area contributed by atoms with Gasteiger partial charge in [0.2, 0.25) is 0 Å². The van der Waals surface area contributed by atoms with Crippen LogP contribution in [-0.2, 0) is 5.92 Å². The van der Waals surface area contributed by atoms with Crippen molar-refractivity contribution in [1.82, 2.24) is 0 Å². The standard InChI is InChI=1S/C18H10F5NO3/c19-10-5-9(8-24)6-11(7-10)27-14-2-1-12-16(26)15(14)13(25)3-4-17(20,21)18(12,22)23/h1-2,5-7,26H,3-4H2. The minimum Gasteiger partial charge on any atom is -0.507 e. The molecule has 0 saturated heterocycles. The molecule has 27 heavy (non-hydrogen) atoms. The molecule has 0 radical (unpaired) electrons. The molecule has 0 atom stereocenters.